The minimum Gasteiger partial charge on any atom is -0.502 e. The number of esters is 2. The third-order valence-corrected chi connectivity index (χ3v) is 4.37. The van der Waals surface area contributed by atoms with Crippen molar-refractivity contribution < 1.29 is 28.5 Å². The molecule has 0 N–H and O–H groups in total. The van der Waals surface area contributed by atoms with Crippen LogP contribution in [0, 0.1) is 0 Å². The Bertz CT molecular complexity index is 687. The van der Waals surface area contributed by atoms with Gasteiger partial charge in [-0.15, -0.1) is 0 Å². The van der Waals surface area contributed by atoms with Crippen LogP contribution in [0.3, 0.4) is 0 Å². The SMILES string of the molecule is C=COCCCCc1c(C(=O)OC=C)ccc(C(=O)OC=C)c1CCCCOC=C. The molecule has 0 aliphatic heterocycles. The van der Waals surface area contributed by atoms with Crippen LogP contribution in [0.15, 0.2) is 63.5 Å². The number of carbonyl (C=O) groups is 2. The van der Waals surface area contributed by atoms with Crippen LogP contribution in [0.1, 0.15) is 57.5 Å². The second-order valence-electron chi connectivity index (χ2n) is 6.25. The quantitative estimate of drug-likeness (QED) is 0.209. The summed E-state index contributed by atoms with van der Waals surface area (Å²) in [6.45, 7) is 15.0. The monoisotopic (exact) mass is 414 g/mol. The second-order valence-corrected chi connectivity index (χ2v) is 6.25. The van der Waals surface area contributed by atoms with Crippen LogP contribution < -0.4 is 0 Å². The number of hydrogen-bond donors (Lipinski definition) is 0. The molecule has 0 radical (unpaired) electrons. The number of benzene rings is 1. The van der Waals surface area contributed by atoms with Gasteiger partial charge in [0.25, 0.3) is 0 Å². The average molecular weight is 414 g/mol. The average Bonchev–Trinajstić information content (AvgIpc) is 2.74. The highest BCUT2D eigenvalue weighted by molar-refractivity contribution is 5.96. The molecular formula is C24H30O6. The Morgan fingerprint density at radius 3 is 1.40 bits per heavy atom. The van der Waals surface area contributed by atoms with E-state index in [1.165, 1.54) is 12.5 Å². The number of hydrogen-bond acceptors (Lipinski definition) is 6. The van der Waals surface area contributed by atoms with Gasteiger partial charge in [-0.1, -0.05) is 26.3 Å². The van der Waals surface area contributed by atoms with Crippen molar-refractivity contribution in [2.45, 2.75) is 38.5 Å². The van der Waals surface area contributed by atoms with Gasteiger partial charge >= 0.3 is 11.9 Å². The van der Waals surface area contributed by atoms with E-state index in [0.29, 0.717) is 37.2 Å². The summed E-state index contributed by atoms with van der Waals surface area (Å²) in [5.74, 6) is -1.02. The molecule has 0 spiro atoms. The van der Waals surface area contributed by atoms with Crippen LogP contribution >= 0.6 is 0 Å². The fraction of sp³-hybridized carbons (Fsp3) is 0.333. The van der Waals surface area contributed by atoms with E-state index in [2.05, 4.69) is 26.3 Å². The first-order valence-electron chi connectivity index (χ1n) is 9.84. The summed E-state index contributed by atoms with van der Waals surface area (Å²) in [6.07, 6.45) is 9.21. The molecule has 6 heteroatoms. The summed E-state index contributed by atoms with van der Waals surface area (Å²) < 4.78 is 20.3. The zero-order chi connectivity index (χ0) is 22.2. The molecule has 6 nitrogen and oxygen atoms in total. The van der Waals surface area contributed by atoms with Gasteiger partial charge < -0.3 is 18.9 Å². The molecule has 0 aliphatic carbocycles. The first-order valence-corrected chi connectivity index (χ1v) is 9.84. The second kappa shape index (κ2) is 14.7. The lowest BCUT2D eigenvalue weighted by Crippen LogP contribution is -2.14. The fourth-order valence-electron chi connectivity index (χ4n) is 3.07. The first kappa shape index (κ1) is 24.8. The summed E-state index contributed by atoms with van der Waals surface area (Å²) in [5, 5.41) is 0. The molecule has 0 aliphatic rings. The van der Waals surface area contributed by atoms with Crippen molar-refractivity contribution in [3.63, 3.8) is 0 Å². The maximum atomic E-state index is 12.5. The van der Waals surface area contributed by atoms with Crippen molar-refractivity contribution in [2.24, 2.45) is 0 Å². The highest BCUT2D eigenvalue weighted by atomic mass is 16.5. The van der Waals surface area contributed by atoms with E-state index >= 15 is 0 Å². The van der Waals surface area contributed by atoms with Crippen molar-refractivity contribution in [3.05, 3.63) is 85.8 Å². The minimum atomic E-state index is -0.512. The molecule has 0 amide bonds. The molecule has 0 saturated heterocycles. The molecular weight excluding hydrogens is 384 g/mol. The number of carbonyl (C=O) groups excluding carboxylic acids is 2. The lowest BCUT2D eigenvalue weighted by atomic mass is 9.89. The van der Waals surface area contributed by atoms with Crippen molar-refractivity contribution in [1.29, 1.82) is 0 Å². The Balaban J connectivity index is 3.25. The largest absolute Gasteiger partial charge is 0.502 e. The van der Waals surface area contributed by atoms with Crippen LogP contribution in [0.5, 0.6) is 0 Å². The third kappa shape index (κ3) is 7.99. The van der Waals surface area contributed by atoms with Crippen LogP contribution in [0.4, 0.5) is 0 Å². The van der Waals surface area contributed by atoms with Gasteiger partial charge in [0, 0.05) is 0 Å². The van der Waals surface area contributed by atoms with Crippen molar-refractivity contribution in [1.82, 2.24) is 0 Å². The van der Waals surface area contributed by atoms with Gasteiger partial charge in [-0.3, -0.25) is 0 Å². The smallest absolute Gasteiger partial charge is 0.343 e. The molecule has 1 rings (SSSR count). The third-order valence-electron chi connectivity index (χ3n) is 4.37. The van der Waals surface area contributed by atoms with Gasteiger partial charge in [0.2, 0.25) is 0 Å². The zero-order valence-corrected chi connectivity index (χ0v) is 17.4. The molecule has 0 unspecified atom stereocenters. The van der Waals surface area contributed by atoms with Crippen LogP contribution in [-0.4, -0.2) is 25.2 Å². The molecule has 0 heterocycles. The van der Waals surface area contributed by atoms with E-state index in [1.807, 2.05) is 0 Å². The molecule has 162 valence electrons. The highest BCUT2D eigenvalue weighted by Crippen LogP contribution is 2.26. The van der Waals surface area contributed by atoms with E-state index in [0.717, 1.165) is 49.3 Å². The Kier molecular flexibility index (Phi) is 12.1. The van der Waals surface area contributed by atoms with Crippen molar-refractivity contribution in [3.8, 4) is 0 Å². The Labute approximate surface area is 178 Å². The lowest BCUT2D eigenvalue weighted by molar-refractivity contribution is 0.0647. The summed E-state index contributed by atoms with van der Waals surface area (Å²) >= 11 is 0. The van der Waals surface area contributed by atoms with E-state index in [-0.39, 0.29) is 0 Å². The maximum Gasteiger partial charge on any atom is 0.343 e. The lowest BCUT2D eigenvalue weighted by Gasteiger charge is -2.17. The van der Waals surface area contributed by atoms with Gasteiger partial charge in [0.1, 0.15) is 0 Å². The van der Waals surface area contributed by atoms with Gasteiger partial charge in [-0.05, 0) is 61.8 Å². The normalized spacial score (nSPS) is 9.87. The van der Waals surface area contributed by atoms with Gasteiger partial charge in [0.05, 0.1) is 49.4 Å². The maximum absolute atomic E-state index is 12.5. The standard InChI is InChI=1S/C24H30O6/c1-5-27-17-11-9-13-19-20(14-10-12-18-28-6-2)22(24(26)30-8-4)16-15-21(19)23(25)29-7-3/h5-8,15-16H,1-4,9-14,17-18H2. The van der Waals surface area contributed by atoms with E-state index < -0.39 is 11.9 Å². The summed E-state index contributed by atoms with van der Waals surface area (Å²) in [7, 11) is 0. The van der Waals surface area contributed by atoms with Gasteiger partial charge in [-0.25, -0.2) is 9.59 Å². The fourth-order valence-corrected chi connectivity index (χ4v) is 3.07. The van der Waals surface area contributed by atoms with E-state index in [1.54, 1.807) is 12.1 Å². The molecule has 0 bridgehead atoms. The Morgan fingerprint density at radius 2 is 1.07 bits per heavy atom. The van der Waals surface area contributed by atoms with Gasteiger partial charge in [0.15, 0.2) is 0 Å². The molecule has 1 aromatic carbocycles. The Hall–Kier alpha value is -3.28. The minimum absolute atomic E-state index is 0.409. The van der Waals surface area contributed by atoms with Crippen LogP contribution in [0.2, 0.25) is 0 Å². The van der Waals surface area contributed by atoms with Crippen molar-refractivity contribution >= 4 is 11.9 Å². The predicted molar refractivity (Wildman–Crippen MR) is 116 cm³/mol. The molecule has 0 atom stereocenters. The highest BCUT2D eigenvalue weighted by Gasteiger charge is 2.22. The topological polar surface area (TPSA) is 71.1 Å². The Morgan fingerprint density at radius 1 is 0.667 bits per heavy atom. The molecule has 0 saturated carbocycles. The zero-order valence-electron chi connectivity index (χ0n) is 17.4. The number of ether oxygens (including phenoxy) is 4. The van der Waals surface area contributed by atoms with Gasteiger partial charge in [-0.2, -0.15) is 0 Å². The summed E-state index contributed by atoms with van der Waals surface area (Å²) in [6, 6.07) is 3.18. The molecule has 0 aromatic heterocycles. The molecule has 1 aromatic rings. The van der Waals surface area contributed by atoms with Crippen molar-refractivity contribution in [2.75, 3.05) is 13.2 Å². The van der Waals surface area contributed by atoms with E-state index in [9.17, 15) is 9.59 Å². The number of unbranched alkanes of at least 4 members (excludes halogenated alkanes) is 2. The van der Waals surface area contributed by atoms with E-state index in [4.69, 9.17) is 18.9 Å². The van der Waals surface area contributed by atoms with Crippen LogP contribution in [0.25, 0.3) is 0 Å². The predicted octanol–water partition coefficient (Wildman–Crippen LogP) is 5.25. The molecule has 30 heavy (non-hydrogen) atoms. The summed E-state index contributed by atoms with van der Waals surface area (Å²) in [5.41, 5.74) is 2.35. The summed E-state index contributed by atoms with van der Waals surface area (Å²) in [4.78, 5) is 25.0. The first-order chi connectivity index (χ1) is 14.6. The molecule has 0 fully saturated rings. The van der Waals surface area contributed by atoms with Crippen LogP contribution in [-0.2, 0) is 31.8 Å². The number of rotatable bonds is 16.